The normalized spacial score (nSPS) is 24.0. The van der Waals surface area contributed by atoms with Crippen molar-refractivity contribution in [3.63, 3.8) is 0 Å². The highest BCUT2D eigenvalue weighted by molar-refractivity contribution is 5.66. The summed E-state index contributed by atoms with van der Waals surface area (Å²) in [6.07, 6.45) is 17.3. The molecule has 1 aliphatic rings. The van der Waals surface area contributed by atoms with E-state index in [1.54, 1.807) is 0 Å². The Bertz CT molecular complexity index is 628. The molecule has 1 saturated heterocycles. The van der Waals surface area contributed by atoms with E-state index in [4.69, 9.17) is 18.9 Å². The second-order valence-electron chi connectivity index (χ2n) is 11.0. The zero-order chi connectivity index (χ0) is 29.4. The minimum absolute atomic E-state index is 0.128. The van der Waals surface area contributed by atoms with E-state index < -0.39 is 49.4 Å². The number of rotatable bonds is 25. The third-order valence-electron chi connectivity index (χ3n) is 7.23. The molecule has 9 nitrogen and oxygen atoms in total. The molecule has 1 aliphatic heterocycles. The zero-order valence-electron chi connectivity index (χ0n) is 25.1. The molecule has 4 N–H and O–H groups in total. The number of aliphatic hydroxyl groups excluding tert-OH is 4. The van der Waals surface area contributed by atoms with Gasteiger partial charge in [0.25, 0.3) is 0 Å². The van der Waals surface area contributed by atoms with Crippen molar-refractivity contribution >= 4 is 5.97 Å². The van der Waals surface area contributed by atoms with Gasteiger partial charge in [0.15, 0.2) is 6.29 Å². The Morgan fingerprint density at radius 1 is 0.775 bits per heavy atom. The van der Waals surface area contributed by atoms with Gasteiger partial charge in [-0.1, -0.05) is 89.7 Å². The molecule has 0 spiro atoms. The van der Waals surface area contributed by atoms with E-state index >= 15 is 0 Å². The van der Waals surface area contributed by atoms with Gasteiger partial charge >= 0.3 is 5.97 Å². The Labute approximate surface area is 242 Å². The Balaban J connectivity index is 2.02. The molecule has 0 bridgehead atoms. The Hall–Kier alpha value is -1.07. The molecule has 0 aliphatic carbocycles. The van der Waals surface area contributed by atoms with Crippen LogP contribution in [0.3, 0.4) is 0 Å². The third kappa shape index (κ3) is 17.7. The lowest BCUT2D eigenvalue weighted by Crippen LogP contribution is -2.59. The fraction of sp³-hybridized carbons (Fsp3) is 0.903. The van der Waals surface area contributed by atoms with Crippen molar-refractivity contribution in [3.05, 3.63) is 12.2 Å². The van der Waals surface area contributed by atoms with E-state index in [0.717, 1.165) is 12.8 Å². The molecule has 1 fully saturated rings. The standard InChI is InChI=1S/C31H58O9/c1-3-4-5-6-7-8-9-10-11-12-13-14-15-16-17-18-19-20-21-37-23-26(39-25(2)33)24-38-31-30(36)29(35)28(34)27(22-32)40-31/h10-11,26-32,34-36H,3-9,12-24H2,1-2H3/b11-10-. The van der Waals surface area contributed by atoms with Crippen LogP contribution in [0.1, 0.15) is 117 Å². The first kappa shape index (κ1) is 37.0. The molecule has 9 heteroatoms. The topological polar surface area (TPSA) is 135 Å². The fourth-order valence-electron chi connectivity index (χ4n) is 4.78. The van der Waals surface area contributed by atoms with E-state index in [9.17, 15) is 25.2 Å². The van der Waals surface area contributed by atoms with Gasteiger partial charge in [-0.15, -0.1) is 0 Å². The van der Waals surface area contributed by atoms with Crippen LogP contribution >= 0.6 is 0 Å². The highest BCUT2D eigenvalue weighted by atomic mass is 16.7. The average Bonchev–Trinajstić information content (AvgIpc) is 2.94. The molecule has 1 heterocycles. The highest BCUT2D eigenvalue weighted by Gasteiger charge is 2.44. The minimum Gasteiger partial charge on any atom is -0.458 e. The summed E-state index contributed by atoms with van der Waals surface area (Å²) in [5.74, 6) is -0.491. The van der Waals surface area contributed by atoms with Crippen LogP contribution in [0.25, 0.3) is 0 Å². The van der Waals surface area contributed by atoms with Gasteiger partial charge in [0.2, 0.25) is 0 Å². The van der Waals surface area contributed by atoms with Gasteiger partial charge in [0, 0.05) is 13.5 Å². The average molecular weight is 575 g/mol. The summed E-state index contributed by atoms with van der Waals surface area (Å²) in [6.45, 7) is 3.55. The van der Waals surface area contributed by atoms with E-state index in [-0.39, 0.29) is 13.2 Å². The molecular formula is C31H58O9. The molecule has 0 radical (unpaired) electrons. The number of esters is 1. The maximum absolute atomic E-state index is 11.4. The summed E-state index contributed by atoms with van der Waals surface area (Å²) in [7, 11) is 0. The van der Waals surface area contributed by atoms with Crippen molar-refractivity contribution in [1.82, 2.24) is 0 Å². The number of hydrogen-bond acceptors (Lipinski definition) is 9. The van der Waals surface area contributed by atoms with Crippen molar-refractivity contribution in [2.75, 3.05) is 26.4 Å². The maximum Gasteiger partial charge on any atom is 0.303 e. The fourth-order valence-corrected chi connectivity index (χ4v) is 4.78. The van der Waals surface area contributed by atoms with Gasteiger partial charge in [-0.25, -0.2) is 0 Å². The van der Waals surface area contributed by atoms with Crippen LogP contribution in [0.2, 0.25) is 0 Å². The summed E-state index contributed by atoms with van der Waals surface area (Å²) in [6, 6.07) is 0. The van der Waals surface area contributed by atoms with E-state index in [1.807, 2.05) is 0 Å². The van der Waals surface area contributed by atoms with E-state index in [1.165, 1.54) is 96.8 Å². The first-order valence-electron chi connectivity index (χ1n) is 15.7. The molecule has 1 rings (SSSR count). The maximum atomic E-state index is 11.4. The molecule has 0 aromatic rings. The van der Waals surface area contributed by atoms with Gasteiger partial charge in [0.05, 0.1) is 19.8 Å². The van der Waals surface area contributed by atoms with Crippen LogP contribution in [0.5, 0.6) is 0 Å². The number of unbranched alkanes of at least 4 members (excludes halogenated alkanes) is 14. The van der Waals surface area contributed by atoms with Gasteiger partial charge < -0.3 is 39.4 Å². The molecule has 0 saturated carbocycles. The zero-order valence-corrected chi connectivity index (χ0v) is 25.1. The van der Waals surface area contributed by atoms with Crippen molar-refractivity contribution in [2.45, 2.75) is 153 Å². The number of aliphatic hydroxyl groups is 4. The molecule has 0 aromatic carbocycles. The quantitative estimate of drug-likeness (QED) is 0.0702. The SMILES string of the molecule is CCCCCCCC/C=C\CCCCCCCCCCOCC(COC1OC(CO)C(O)C(O)C1O)OC(C)=O. The van der Waals surface area contributed by atoms with Gasteiger partial charge in [-0.2, -0.15) is 0 Å². The van der Waals surface area contributed by atoms with Crippen LogP contribution in [0.4, 0.5) is 0 Å². The second-order valence-corrected chi connectivity index (χ2v) is 11.0. The summed E-state index contributed by atoms with van der Waals surface area (Å²) in [5.41, 5.74) is 0. The lowest BCUT2D eigenvalue weighted by Gasteiger charge is -2.39. The lowest BCUT2D eigenvalue weighted by atomic mass is 9.99. The summed E-state index contributed by atoms with van der Waals surface area (Å²) >= 11 is 0. The largest absolute Gasteiger partial charge is 0.458 e. The Morgan fingerprint density at radius 3 is 1.88 bits per heavy atom. The summed E-state index contributed by atoms with van der Waals surface area (Å²) in [4.78, 5) is 11.4. The summed E-state index contributed by atoms with van der Waals surface area (Å²) in [5, 5.41) is 39.1. The van der Waals surface area contributed by atoms with Crippen molar-refractivity contribution in [2.24, 2.45) is 0 Å². The van der Waals surface area contributed by atoms with E-state index in [2.05, 4.69) is 19.1 Å². The molecule has 236 valence electrons. The minimum atomic E-state index is -1.53. The van der Waals surface area contributed by atoms with Crippen LogP contribution in [0, 0.1) is 0 Å². The Kier molecular flexibility index (Phi) is 22.7. The molecule has 0 aromatic heterocycles. The molecule has 40 heavy (non-hydrogen) atoms. The van der Waals surface area contributed by atoms with Crippen molar-refractivity contribution in [1.29, 1.82) is 0 Å². The predicted octanol–water partition coefficient (Wildman–Crippen LogP) is 4.57. The van der Waals surface area contributed by atoms with Gasteiger partial charge in [0.1, 0.15) is 30.5 Å². The number of carbonyl (C=O) groups is 1. The predicted molar refractivity (Wildman–Crippen MR) is 155 cm³/mol. The highest BCUT2D eigenvalue weighted by Crippen LogP contribution is 2.22. The number of ether oxygens (including phenoxy) is 4. The van der Waals surface area contributed by atoms with Crippen LogP contribution in [-0.4, -0.2) is 89.6 Å². The molecule has 6 atom stereocenters. The first-order valence-corrected chi connectivity index (χ1v) is 15.7. The number of carbonyl (C=O) groups excluding carboxylic acids is 1. The smallest absolute Gasteiger partial charge is 0.303 e. The molecular weight excluding hydrogens is 516 g/mol. The second kappa shape index (κ2) is 24.5. The van der Waals surface area contributed by atoms with Crippen LogP contribution in [-0.2, 0) is 23.7 Å². The Morgan fingerprint density at radius 2 is 1.32 bits per heavy atom. The third-order valence-corrected chi connectivity index (χ3v) is 7.23. The molecule has 6 unspecified atom stereocenters. The van der Waals surface area contributed by atoms with Gasteiger partial charge in [-0.3, -0.25) is 4.79 Å². The lowest BCUT2D eigenvalue weighted by molar-refractivity contribution is -0.305. The van der Waals surface area contributed by atoms with Crippen molar-refractivity contribution < 1.29 is 44.2 Å². The van der Waals surface area contributed by atoms with Crippen LogP contribution in [0.15, 0.2) is 12.2 Å². The van der Waals surface area contributed by atoms with Crippen molar-refractivity contribution in [3.8, 4) is 0 Å². The van der Waals surface area contributed by atoms with E-state index in [0.29, 0.717) is 6.61 Å². The summed E-state index contributed by atoms with van der Waals surface area (Å²) < 4.78 is 21.7. The monoisotopic (exact) mass is 574 g/mol. The molecule has 0 amide bonds. The van der Waals surface area contributed by atoms with Crippen LogP contribution < -0.4 is 0 Å². The van der Waals surface area contributed by atoms with Gasteiger partial charge in [-0.05, 0) is 32.1 Å². The number of hydrogen-bond donors (Lipinski definition) is 4. The number of allylic oxidation sites excluding steroid dienone is 2. The first-order chi connectivity index (χ1) is 19.4.